The number of nitrogens with two attached hydrogens (primary N) is 1. The van der Waals surface area contributed by atoms with E-state index in [9.17, 15) is 18.0 Å². The summed E-state index contributed by atoms with van der Waals surface area (Å²) in [6.07, 6.45) is 0. The zero-order valence-electron chi connectivity index (χ0n) is 11.1. The maximum atomic E-state index is 13.6. The minimum absolute atomic E-state index is 0.140. The van der Waals surface area contributed by atoms with E-state index in [2.05, 4.69) is 0 Å². The van der Waals surface area contributed by atoms with E-state index in [1.165, 1.54) is 4.90 Å². The van der Waals surface area contributed by atoms with Crippen molar-refractivity contribution in [3.8, 4) is 0 Å². The van der Waals surface area contributed by atoms with E-state index in [4.69, 9.17) is 18.0 Å². The Balaban J connectivity index is 3.06. The summed E-state index contributed by atoms with van der Waals surface area (Å²) in [5, 5.41) is 0. The van der Waals surface area contributed by atoms with E-state index in [1.807, 2.05) is 0 Å². The molecular weight excluding hydrogens is 289 g/mol. The number of carbonyl (C=O) groups excluding carboxylic acids is 1. The van der Waals surface area contributed by atoms with E-state index in [0.717, 1.165) is 0 Å². The van der Waals surface area contributed by atoms with Crippen LogP contribution in [0.4, 0.5) is 13.2 Å². The summed E-state index contributed by atoms with van der Waals surface area (Å²) in [6.45, 7) is 3.72. The summed E-state index contributed by atoms with van der Waals surface area (Å²) in [4.78, 5) is 13.5. The van der Waals surface area contributed by atoms with Gasteiger partial charge in [0.1, 0.15) is 23.0 Å². The maximum Gasteiger partial charge on any atom is 0.259 e. The zero-order chi connectivity index (χ0) is 15.4. The molecule has 1 rings (SSSR count). The van der Waals surface area contributed by atoms with Crippen molar-refractivity contribution in [3.05, 3.63) is 35.1 Å². The van der Waals surface area contributed by atoms with E-state index in [1.54, 1.807) is 13.8 Å². The third-order valence-corrected chi connectivity index (χ3v) is 3.27. The number of rotatable bonds is 5. The molecule has 0 aliphatic rings. The number of benzene rings is 1. The summed E-state index contributed by atoms with van der Waals surface area (Å²) < 4.78 is 40.0. The Morgan fingerprint density at radius 2 is 1.85 bits per heavy atom. The van der Waals surface area contributed by atoms with Crippen LogP contribution in [0.5, 0.6) is 0 Å². The van der Waals surface area contributed by atoms with Crippen molar-refractivity contribution in [1.82, 2.24) is 4.90 Å². The highest BCUT2D eigenvalue weighted by Crippen LogP contribution is 2.17. The summed E-state index contributed by atoms with van der Waals surface area (Å²) in [5.41, 5.74) is 4.68. The molecule has 0 saturated heterocycles. The Labute approximate surface area is 120 Å². The van der Waals surface area contributed by atoms with Crippen LogP contribution in [0.1, 0.15) is 24.2 Å². The van der Waals surface area contributed by atoms with Crippen LogP contribution in [0.2, 0.25) is 0 Å². The fourth-order valence-electron chi connectivity index (χ4n) is 1.68. The average Bonchev–Trinajstić information content (AvgIpc) is 2.33. The number of carbonyl (C=O) groups is 1. The molecule has 110 valence electrons. The van der Waals surface area contributed by atoms with Crippen LogP contribution in [0.15, 0.2) is 12.1 Å². The standard InChI is InChI=1S/C13H15F3N2OS/c1-3-18(6-7(2)12(17)20)13(19)11-9(15)4-8(14)5-10(11)16/h4-5,7H,3,6H2,1-2H3,(H2,17,20). The molecule has 0 aromatic heterocycles. The van der Waals surface area contributed by atoms with Crippen LogP contribution in [0, 0.1) is 23.4 Å². The van der Waals surface area contributed by atoms with Crippen LogP contribution in [-0.2, 0) is 0 Å². The van der Waals surface area contributed by atoms with E-state index in [0.29, 0.717) is 12.1 Å². The third kappa shape index (κ3) is 3.69. The largest absolute Gasteiger partial charge is 0.393 e. The predicted octanol–water partition coefficient (Wildman–Crippen LogP) is 2.49. The summed E-state index contributed by atoms with van der Waals surface area (Å²) >= 11 is 4.80. The summed E-state index contributed by atoms with van der Waals surface area (Å²) in [5.74, 6) is -4.68. The minimum atomic E-state index is -1.23. The van der Waals surface area contributed by atoms with E-state index in [-0.39, 0.29) is 24.0 Å². The van der Waals surface area contributed by atoms with Gasteiger partial charge in [-0.1, -0.05) is 19.1 Å². The molecule has 0 saturated carbocycles. The molecule has 1 atom stereocenters. The molecule has 0 aliphatic carbocycles. The lowest BCUT2D eigenvalue weighted by molar-refractivity contribution is 0.0745. The van der Waals surface area contributed by atoms with Gasteiger partial charge in [-0.05, 0) is 6.92 Å². The van der Waals surface area contributed by atoms with Crippen LogP contribution in [0.3, 0.4) is 0 Å². The van der Waals surface area contributed by atoms with Gasteiger partial charge in [-0.15, -0.1) is 0 Å². The van der Waals surface area contributed by atoms with Crippen LogP contribution in [-0.4, -0.2) is 28.9 Å². The van der Waals surface area contributed by atoms with E-state index < -0.39 is 28.9 Å². The monoisotopic (exact) mass is 304 g/mol. The number of amides is 1. The van der Waals surface area contributed by atoms with Gasteiger partial charge in [0.05, 0.1) is 4.99 Å². The lowest BCUT2D eigenvalue weighted by atomic mass is 10.1. The predicted molar refractivity (Wildman–Crippen MR) is 73.8 cm³/mol. The highest BCUT2D eigenvalue weighted by Gasteiger charge is 2.24. The molecule has 7 heteroatoms. The second-order valence-electron chi connectivity index (χ2n) is 4.39. The number of thiocarbonyl (C=S) groups is 1. The smallest absolute Gasteiger partial charge is 0.259 e. The van der Waals surface area contributed by atoms with Gasteiger partial charge in [0.25, 0.3) is 5.91 Å². The van der Waals surface area contributed by atoms with Gasteiger partial charge in [0.2, 0.25) is 0 Å². The number of hydrogen-bond donors (Lipinski definition) is 1. The van der Waals surface area contributed by atoms with Gasteiger partial charge in [-0.3, -0.25) is 4.79 Å². The molecule has 0 heterocycles. The van der Waals surface area contributed by atoms with Crippen molar-refractivity contribution >= 4 is 23.1 Å². The summed E-state index contributed by atoms with van der Waals surface area (Å²) in [7, 11) is 0. The Kier molecular flexibility index (Phi) is 5.50. The van der Waals surface area contributed by atoms with Gasteiger partial charge in [0.15, 0.2) is 0 Å². The fraction of sp³-hybridized carbons (Fsp3) is 0.385. The van der Waals surface area contributed by atoms with Crippen molar-refractivity contribution in [2.24, 2.45) is 11.7 Å². The Hall–Kier alpha value is -1.63. The molecule has 20 heavy (non-hydrogen) atoms. The zero-order valence-corrected chi connectivity index (χ0v) is 11.9. The molecule has 1 amide bonds. The first-order valence-electron chi connectivity index (χ1n) is 6.01. The van der Waals surface area contributed by atoms with Gasteiger partial charge in [-0.25, -0.2) is 13.2 Å². The van der Waals surface area contributed by atoms with Crippen LogP contribution < -0.4 is 5.73 Å². The highest BCUT2D eigenvalue weighted by atomic mass is 32.1. The lowest BCUT2D eigenvalue weighted by Gasteiger charge is -2.24. The van der Waals surface area contributed by atoms with Crippen molar-refractivity contribution in [2.45, 2.75) is 13.8 Å². The SMILES string of the molecule is CCN(CC(C)C(N)=S)C(=O)c1c(F)cc(F)cc1F. The average molecular weight is 304 g/mol. The molecule has 0 radical (unpaired) electrons. The van der Waals surface area contributed by atoms with Crippen molar-refractivity contribution in [3.63, 3.8) is 0 Å². The van der Waals surface area contributed by atoms with Gasteiger partial charge < -0.3 is 10.6 Å². The molecule has 1 aromatic rings. The molecule has 3 nitrogen and oxygen atoms in total. The second-order valence-corrected chi connectivity index (χ2v) is 4.86. The number of hydrogen-bond acceptors (Lipinski definition) is 2. The first-order chi connectivity index (χ1) is 9.27. The molecule has 1 unspecified atom stereocenters. The molecule has 1 aromatic carbocycles. The maximum absolute atomic E-state index is 13.6. The Bertz CT molecular complexity index is 513. The molecular formula is C13H15F3N2OS. The quantitative estimate of drug-likeness (QED) is 0.850. The van der Waals surface area contributed by atoms with E-state index >= 15 is 0 Å². The first kappa shape index (κ1) is 16.4. The molecule has 0 aliphatic heterocycles. The fourth-order valence-corrected chi connectivity index (χ4v) is 1.76. The Morgan fingerprint density at radius 1 is 1.35 bits per heavy atom. The molecule has 0 spiro atoms. The van der Waals surface area contributed by atoms with Crippen molar-refractivity contribution < 1.29 is 18.0 Å². The van der Waals surface area contributed by atoms with Gasteiger partial charge >= 0.3 is 0 Å². The van der Waals surface area contributed by atoms with Crippen molar-refractivity contribution in [2.75, 3.05) is 13.1 Å². The molecule has 0 fully saturated rings. The lowest BCUT2D eigenvalue weighted by Crippen LogP contribution is -2.38. The first-order valence-corrected chi connectivity index (χ1v) is 6.41. The minimum Gasteiger partial charge on any atom is -0.393 e. The van der Waals surface area contributed by atoms with Gasteiger partial charge in [-0.2, -0.15) is 0 Å². The van der Waals surface area contributed by atoms with Crippen molar-refractivity contribution in [1.29, 1.82) is 0 Å². The third-order valence-electron chi connectivity index (χ3n) is 2.87. The Morgan fingerprint density at radius 3 is 2.25 bits per heavy atom. The second kappa shape index (κ2) is 6.69. The normalized spacial score (nSPS) is 12.1. The van der Waals surface area contributed by atoms with Crippen LogP contribution in [0.25, 0.3) is 0 Å². The highest BCUT2D eigenvalue weighted by molar-refractivity contribution is 7.80. The molecule has 2 N–H and O–H groups in total. The topological polar surface area (TPSA) is 46.3 Å². The number of nitrogens with zero attached hydrogens (tertiary/aromatic N) is 1. The van der Waals surface area contributed by atoms with Crippen LogP contribution >= 0.6 is 12.2 Å². The van der Waals surface area contributed by atoms with Gasteiger partial charge in [0, 0.05) is 31.1 Å². The molecule has 0 bridgehead atoms. The number of halogens is 3. The summed E-state index contributed by atoms with van der Waals surface area (Å²) in [6, 6.07) is 0.947.